The van der Waals surface area contributed by atoms with Crippen molar-refractivity contribution in [1.29, 1.82) is 0 Å². The van der Waals surface area contributed by atoms with Crippen LogP contribution in [-0.2, 0) is 95.3 Å². The van der Waals surface area contributed by atoms with Crippen LogP contribution in [0, 0.1) is 28.6 Å². The van der Waals surface area contributed by atoms with Crippen molar-refractivity contribution in [2.75, 3.05) is 0 Å². The van der Waals surface area contributed by atoms with Crippen LogP contribution in [0.3, 0.4) is 0 Å². The highest BCUT2D eigenvalue weighted by Gasteiger charge is 2.48. The SMILES string of the molecule is CCC(C)(C)C(=O)OC1CC(C)(C)OC1=O.CCC(C)(C)C(=O)OC1CC(C)OC1=O.CCC(C)C(=O)OC1(C)CC(C)OC1=O.CCC(C)C(=O)OC1CC(C)(C)OC1=O.CCC(C)C(=O)OC1CC(C)OC1=O. The number of esters is 10. The zero-order valence-corrected chi connectivity index (χ0v) is 48.5. The molecule has 5 saturated heterocycles. The van der Waals surface area contributed by atoms with E-state index in [0.717, 1.165) is 6.42 Å². The number of hydrogen-bond donors (Lipinski definition) is 0. The quantitative estimate of drug-likeness (QED) is 0.110. The summed E-state index contributed by atoms with van der Waals surface area (Å²) in [5.74, 6) is -4.29. The lowest BCUT2D eigenvalue weighted by Gasteiger charge is -2.22. The summed E-state index contributed by atoms with van der Waals surface area (Å²) >= 11 is 0. The van der Waals surface area contributed by atoms with E-state index >= 15 is 0 Å². The molecule has 0 aliphatic carbocycles. The lowest BCUT2D eigenvalue weighted by molar-refractivity contribution is -0.173. The van der Waals surface area contributed by atoms with Crippen molar-refractivity contribution in [3.63, 3.8) is 0 Å². The first-order valence-corrected chi connectivity index (χ1v) is 26.5. The molecule has 0 saturated carbocycles. The van der Waals surface area contributed by atoms with Gasteiger partial charge in [0.2, 0.25) is 30.0 Å². The Bertz CT molecular complexity index is 2000. The second-order valence-corrected chi connectivity index (χ2v) is 22.8. The Labute approximate surface area is 444 Å². The summed E-state index contributed by atoms with van der Waals surface area (Å²) in [5.41, 5.74) is -3.21. The minimum absolute atomic E-state index is 0.141. The van der Waals surface area contributed by atoms with E-state index in [4.69, 9.17) is 47.4 Å². The minimum atomic E-state index is -1.08. The molecule has 0 N–H and O–H groups in total. The largest absolute Gasteiger partial charge is 0.460 e. The van der Waals surface area contributed by atoms with Gasteiger partial charge in [0.1, 0.15) is 29.5 Å². The fourth-order valence-corrected chi connectivity index (χ4v) is 6.90. The molecule has 20 heteroatoms. The molecule has 11 atom stereocenters. The number of carbonyl (C=O) groups excluding carboxylic acids is 10. The Kier molecular flexibility index (Phi) is 25.9. The monoisotopic (exact) mass is 1070 g/mol. The molecular formula is C55H90O20. The summed E-state index contributed by atoms with van der Waals surface area (Å²) in [6, 6.07) is 0. The minimum Gasteiger partial charge on any atom is -0.460 e. The highest BCUT2D eigenvalue weighted by atomic mass is 16.6. The van der Waals surface area contributed by atoms with Crippen LogP contribution in [0.25, 0.3) is 0 Å². The third-order valence-electron chi connectivity index (χ3n) is 13.6. The predicted octanol–water partition coefficient (Wildman–Crippen LogP) is 8.35. The molecule has 20 nitrogen and oxygen atoms in total. The standard InChI is InChI=1S/C12H20O4.3C11H18O4.C10H16O4/c1-6-11(2,3)10(14)15-8-7-12(4,5)16-9(8)13;1-5-11(3,4)10(13)15-8-6-7(2)14-9(8)12;1-5-7(2)9(12)14-8-6-11(3,4)15-10(8)13;1-5-7(2)9(12)15-11(4)6-8(3)14-10(11)13;1-4-6(2)9(11)14-8-5-7(3)13-10(8)12/h8H,6-7H2,1-5H3;3*7-8H,5-6H2,1-4H3;6-8H,4-5H2,1-3H3. The van der Waals surface area contributed by atoms with Crippen LogP contribution >= 0.6 is 0 Å². The summed E-state index contributed by atoms with van der Waals surface area (Å²) in [7, 11) is 0. The fraction of sp³-hybridized carbons (Fsp3) is 0.818. The molecule has 0 radical (unpaired) electrons. The zero-order chi connectivity index (χ0) is 58.2. The molecular weight excluding hydrogens is 981 g/mol. The van der Waals surface area contributed by atoms with Crippen molar-refractivity contribution in [3.05, 3.63) is 0 Å². The predicted molar refractivity (Wildman–Crippen MR) is 271 cm³/mol. The van der Waals surface area contributed by atoms with E-state index < -0.39 is 81.9 Å². The first-order chi connectivity index (χ1) is 34.3. The summed E-state index contributed by atoms with van der Waals surface area (Å²) in [4.78, 5) is 114. The van der Waals surface area contributed by atoms with E-state index in [1.807, 2.05) is 62.3 Å². The zero-order valence-electron chi connectivity index (χ0n) is 48.5. The molecule has 0 bridgehead atoms. The van der Waals surface area contributed by atoms with Crippen LogP contribution in [0.1, 0.15) is 203 Å². The molecule has 0 spiro atoms. The highest BCUT2D eigenvalue weighted by molar-refractivity contribution is 5.86. The molecule has 5 fully saturated rings. The van der Waals surface area contributed by atoms with E-state index in [9.17, 15) is 47.9 Å². The van der Waals surface area contributed by atoms with Crippen LogP contribution in [0.5, 0.6) is 0 Å². The smallest absolute Gasteiger partial charge is 0.350 e. The molecule has 0 amide bonds. The van der Waals surface area contributed by atoms with Crippen molar-refractivity contribution < 1.29 is 95.3 Å². The van der Waals surface area contributed by atoms with Gasteiger partial charge in [-0.15, -0.1) is 0 Å². The summed E-state index contributed by atoms with van der Waals surface area (Å²) in [6.07, 6.45) is 2.41. The van der Waals surface area contributed by atoms with Crippen molar-refractivity contribution in [2.45, 2.75) is 262 Å². The molecule has 5 aliphatic heterocycles. The fourth-order valence-electron chi connectivity index (χ4n) is 6.90. The van der Waals surface area contributed by atoms with E-state index in [1.165, 1.54) is 0 Å². The van der Waals surface area contributed by atoms with E-state index in [-0.39, 0.29) is 65.9 Å². The Morgan fingerprint density at radius 3 is 1.12 bits per heavy atom. The lowest BCUT2D eigenvalue weighted by Crippen LogP contribution is -2.38. The highest BCUT2D eigenvalue weighted by Crippen LogP contribution is 2.33. The maximum absolute atomic E-state index is 11.8. The van der Waals surface area contributed by atoms with Gasteiger partial charge in [-0.25, -0.2) is 24.0 Å². The molecule has 11 unspecified atom stereocenters. The first-order valence-electron chi connectivity index (χ1n) is 26.5. The van der Waals surface area contributed by atoms with Gasteiger partial charge in [-0.2, -0.15) is 0 Å². The van der Waals surface area contributed by atoms with Gasteiger partial charge in [0.25, 0.3) is 0 Å². The summed E-state index contributed by atoms with van der Waals surface area (Å²) < 4.78 is 50.6. The molecule has 0 aromatic rings. The topological polar surface area (TPSA) is 263 Å². The summed E-state index contributed by atoms with van der Waals surface area (Å²) in [6.45, 7) is 36.3. The van der Waals surface area contributed by atoms with Gasteiger partial charge in [-0.1, -0.05) is 55.4 Å². The van der Waals surface area contributed by atoms with Crippen LogP contribution in [0.4, 0.5) is 0 Å². The van der Waals surface area contributed by atoms with Crippen molar-refractivity contribution >= 4 is 59.7 Å². The van der Waals surface area contributed by atoms with Crippen LogP contribution in [0.15, 0.2) is 0 Å². The normalized spacial score (nSPS) is 27.3. The number of cyclic esters (lactones) is 5. The number of ether oxygens (including phenoxy) is 10. The molecule has 5 aliphatic rings. The Balaban J connectivity index is 0.000000469. The third kappa shape index (κ3) is 21.7. The van der Waals surface area contributed by atoms with E-state index in [1.54, 1.807) is 76.2 Å². The molecule has 5 heterocycles. The van der Waals surface area contributed by atoms with Gasteiger partial charge < -0.3 is 47.4 Å². The maximum Gasteiger partial charge on any atom is 0.350 e. The lowest BCUT2D eigenvalue weighted by atomic mass is 9.90. The Morgan fingerprint density at radius 2 is 0.827 bits per heavy atom. The van der Waals surface area contributed by atoms with E-state index in [2.05, 4.69) is 0 Å². The van der Waals surface area contributed by atoms with Gasteiger partial charge in [-0.3, -0.25) is 24.0 Å². The van der Waals surface area contributed by atoms with Crippen LogP contribution < -0.4 is 0 Å². The molecule has 0 aromatic heterocycles. The summed E-state index contributed by atoms with van der Waals surface area (Å²) in [5, 5.41) is 0. The number of hydrogen-bond acceptors (Lipinski definition) is 20. The van der Waals surface area contributed by atoms with Gasteiger partial charge in [0, 0.05) is 32.1 Å². The van der Waals surface area contributed by atoms with Gasteiger partial charge in [-0.05, 0) is 115 Å². The Hall–Kier alpha value is -5.30. The van der Waals surface area contributed by atoms with Gasteiger partial charge >= 0.3 is 59.7 Å². The van der Waals surface area contributed by atoms with Crippen molar-refractivity contribution in [1.82, 2.24) is 0 Å². The van der Waals surface area contributed by atoms with Crippen LogP contribution in [0.2, 0.25) is 0 Å². The molecule has 0 aromatic carbocycles. The van der Waals surface area contributed by atoms with Crippen LogP contribution in [-0.4, -0.2) is 119 Å². The van der Waals surface area contributed by atoms with Gasteiger partial charge in [0.15, 0.2) is 0 Å². The average molecular weight is 1070 g/mol. The molecule has 430 valence electrons. The Morgan fingerprint density at radius 1 is 0.493 bits per heavy atom. The van der Waals surface area contributed by atoms with Gasteiger partial charge in [0.05, 0.1) is 28.6 Å². The van der Waals surface area contributed by atoms with Crippen molar-refractivity contribution in [3.8, 4) is 0 Å². The molecule has 5 rings (SSSR count). The molecule has 75 heavy (non-hydrogen) atoms. The average Bonchev–Trinajstić information content (AvgIpc) is 4.05. The maximum atomic E-state index is 11.8. The number of rotatable bonds is 15. The third-order valence-corrected chi connectivity index (χ3v) is 13.6. The first kappa shape index (κ1) is 67.7. The van der Waals surface area contributed by atoms with E-state index in [0.29, 0.717) is 57.8 Å². The second kappa shape index (κ2) is 28.7. The number of carbonyl (C=O) groups is 10. The second-order valence-electron chi connectivity index (χ2n) is 22.8. The van der Waals surface area contributed by atoms with Crippen molar-refractivity contribution in [2.24, 2.45) is 28.6 Å².